The zero-order chi connectivity index (χ0) is 19.6. The Kier molecular flexibility index (Phi) is 6.29. The molecule has 1 aliphatic rings. The van der Waals surface area contributed by atoms with E-state index in [0.717, 1.165) is 11.1 Å². The van der Waals surface area contributed by atoms with Crippen LogP contribution in [0.4, 0.5) is 4.39 Å². The molecule has 0 bridgehead atoms. The van der Waals surface area contributed by atoms with Gasteiger partial charge in [0.1, 0.15) is 23.9 Å². The van der Waals surface area contributed by atoms with Gasteiger partial charge in [0.05, 0.1) is 8.95 Å². The summed E-state index contributed by atoms with van der Waals surface area (Å²) in [4.78, 5) is 13.8. The number of benzene rings is 2. The molecule has 2 aromatic carbocycles. The minimum atomic E-state index is -0.302. The Balaban J connectivity index is 1.80. The van der Waals surface area contributed by atoms with E-state index in [4.69, 9.17) is 17.0 Å². The maximum atomic E-state index is 13.3. The lowest BCUT2D eigenvalue weighted by Gasteiger charge is -2.12. The molecular weight excluding hydrogens is 499 g/mol. The number of likely N-dealkylation sites (N-methyl/N-ethyl adjacent to an activating group) is 1. The molecule has 1 saturated heterocycles. The second-order valence-corrected chi connectivity index (χ2v) is 7.87. The first-order chi connectivity index (χ1) is 12.9. The van der Waals surface area contributed by atoms with Crippen molar-refractivity contribution in [3.05, 3.63) is 68.0 Å². The zero-order valence-electron chi connectivity index (χ0n) is 14.3. The highest BCUT2D eigenvalue weighted by molar-refractivity contribution is 9.11. The van der Waals surface area contributed by atoms with Gasteiger partial charge >= 0.3 is 0 Å². The number of ether oxygens (including phenoxy) is 1. The van der Waals surface area contributed by atoms with Gasteiger partial charge in [-0.25, -0.2) is 4.39 Å². The van der Waals surface area contributed by atoms with E-state index in [1.54, 1.807) is 18.2 Å². The fourth-order valence-corrected chi connectivity index (χ4v) is 4.38. The third-order valence-electron chi connectivity index (χ3n) is 3.88. The van der Waals surface area contributed by atoms with Crippen molar-refractivity contribution in [2.45, 2.75) is 13.5 Å². The first kappa shape index (κ1) is 20.0. The molecule has 1 N–H and O–H groups in total. The van der Waals surface area contributed by atoms with E-state index in [1.165, 1.54) is 17.0 Å². The number of hydrogen-bond acceptors (Lipinski definition) is 3. The average Bonchev–Trinajstić information content (AvgIpc) is 2.87. The van der Waals surface area contributed by atoms with Crippen LogP contribution in [0.15, 0.2) is 51.0 Å². The largest absolute Gasteiger partial charge is 0.487 e. The Hall–Kier alpha value is -1.77. The van der Waals surface area contributed by atoms with Gasteiger partial charge in [0.25, 0.3) is 5.91 Å². The van der Waals surface area contributed by atoms with Crippen LogP contribution < -0.4 is 10.1 Å². The lowest BCUT2D eigenvalue weighted by Crippen LogP contribution is -2.30. The van der Waals surface area contributed by atoms with Gasteiger partial charge in [-0.05, 0) is 92.5 Å². The van der Waals surface area contributed by atoms with E-state index in [0.29, 0.717) is 32.0 Å². The summed E-state index contributed by atoms with van der Waals surface area (Å²) in [7, 11) is 0. The molecule has 0 radical (unpaired) electrons. The minimum Gasteiger partial charge on any atom is -0.487 e. The first-order valence-corrected chi connectivity index (χ1v) is 10.1. The first-order valence-electron chi connectivity index (χ1n) is 8.10. The molecule has 1 aliphatic heterocycles. The highest BCUT2D eigenvalue weighted by atomic mass is 79.9. The molecule has 140 valence electrons. The van der Waals surface area contributed by atoms with Crippen LogP contribution in [0.2, 0.25) is 0 Å². The summed E-state index contributed by atoms with van der Waals surface area (Å²) >= 11 is 12.1. The van der Waals surface area contributed by atoms with Crippen molar-refractivity contribution in [1.82, 2.24) is 10.2 Å². The summed E-state index contributed by atoms with van der Waals surface area (Å²) in [5, 5.41) is 3.33. The summed E-state index contributed by atoms with van der Waals surface area (Å²) < 4.78 is 20.5. The lowest BCUT2D eigenvalue weighted by atomic mass is 10.2. The van der Waals surface area contributed by atoms with Crippen LogP contribution in [0.3, 0.4) is 0 Å². The molecule has 0 unspecified atom stereocenters. The Labute approximate surface area is 178 Å². The third kappa shape index (κ3) is 4.56. The summed E-state index contributed by atoms with van der Waals surface area (Å²) in [6.07, 6.45) is 1.73. The van der Waals surface area contributed by atoms with Crippen LogP contribution >= 0.6 is 44.1 Å². The standard InChI is InChI=1S/C19H15Br2FN2O2S/c1-2-24-18(25)16(23-19(24)27)9-12-7-14(20)17(15(21)8-12)26-10-11-4-3-5-13(22)6-11/h3-9H,2,10H2,1H3,(H,23,27)/b16-9-. The number of thiocarbonyl (C=S) groups is 1. The van der Waals surface area contributed by atoms with Gasteiger partial charge in [-0.3, -0.25) is 9.69 Å². The van der Waals surface area contributed by atoms with Crippen molar-refractivity contribution < 1.29 is 13.9 Å². The Morgan fingerprint density at radius 1 is 1.26 bits per heavy atom. The molecule has 4 nitrogen and oxygen atoms in total. The van der Waals surface area contributed by atoms with Gasteiger partial charge < -0.3 is 10.1 Å². The molecule has 3 rings (SSSR count). The van der Waals surface area contributed by atoms with Gasteiger partial charge in [0.15, 0.2) is 5.11 Å². The molecular formula is C19H15Br2FN2O2S. The fraction of sp³-hybridized carbons (Fsp3) is 0.158. The second-order valence-electron chi connectivity index (χ2n) is 5.77. The molecule has 2 aromatic rings. The fourth-order valence-electron chi connectivity index (χ4n) is 2.61. The van der Waals surface area contributed by atoms with E-state index in [9.17, 15) is 9.18 Å². The van der Waals surface area contributed by atoms with Crippen molar-refractivity contribution in [3.8, 4) is 5.75 Å². The summed E-state index contributed by atoms with van der Waals surface area (Å²) in [5.74, 6) is 0.142. The van der Waals surface area contributed by atoms with E-state index in [2.05, 4.69) is 37.2 Å². The maximum Gasteiger partial charge on any atom is 0.276 e. The van der Waals surface area contributed by atoms with Gasteiger partial charge in [-0.2, -0.15) is 0 Å². The van der Waals surface area contributed by atoms with E-state index >= 15 is 0 Å². The topological polar surface area (TPSA) is 41.6 Å². The van der Waals surface area contributed by atoms with Crippen LogP contribution in [0.5, 0.6) is 5.75 Å². The Bertz CT molecular complexity index is 926. The lowest BCUT2D eigenvalue weighted by molar-refractivity contribution is -0.122. The van der Waals surface area contributed by atoms with Gasteiger partial charge in [-0.15, -0.1) is 0 Å². The molecule has 27 heavy (non-hydrogen) atoms. The van der Waals surface area contributed by atoms with Crippen LogP contribution in [-0.4, -0.2) is 22.5 Å². The number of halogens is 3. The minimum absolute atomic E-state index is 0.152. The van der Waals surface area contributed by atoms with Crippen LogP contribution in [0, 0.1) is 5.82 Å². The third-order valence-corrected chi connectivity index (χ3v) is 5.38. The molecule has 1 fully saturated rings. The van der Waals surface area contributed by atoms with Crippen LogP contribution in [-0.2, 0) is 11.4 Å². The monoisotopic (exact) mass is 512 g/mol. The predicted molar refractivity (Wildman–Crippen MR) is 114 cm³/mol. The molecule has 0 aliphatic carbocycles. The Morgan fingerprint density at radius 3 is 2.56 bits per heavy atom. The Morgan fingerprint density at radius 2 is 1.96 bits per heavy atom. The SMILES string of the molecule is CCN1C(=O)/C(=C/c2cc(Br)c(OCc3cccc(F)c3)c(Br)c2)NC1=S. The number of nitrogens with zero attached hydrogens (tertiary/aromatic N) is 1. The van der Waals surface area contributed by atoms with E-state index in [-0.39, 0.29) is 18.3 Å². The van der Waals surface area contributed by atoms with Gasteiger partial charge in [0.2, 0.25) is 0 Å². The summed E-state index contributed by atoms with van der Waals surface area (Å²) in [5.41, 5.74) is 1.95. The number of nitrogens with one attached hydrogen (secondary N) is 1. The number of rotatable bonds is 5. The van der Waals surface area contributed by atoms with Crippen molar-refractivity contribution in [1.29, 1.82) is 0 Å². The normalized spacial score (nSPS) is 15.4. The quantitative estimate of drug-likeness (QED) is 0.451. The summed E-state index contributed by atoms with van der Waals surface area (Å²) in [6, 6.07) is 9.94. The molecule has 1 heterocycles. The zero-order valence-corrected chi connectivity index (χ0v) is 18.3. The van der Waals surface area contributed by atoms with Crippen molar-refractivity contribution in [2.75, 3.05) is 6.54 Å². The molecule has 0 saturated carbocycles. The van der Waals surface area contributed by atoms with Crippen molar-refractivity contribution in [3.63, 3.8) is 0 Å². The summed E-state index contributed by atoms with van der Waals surface area (Å²) in [6.45, 7) is 2.62. The highest BCUT2D eigenvalue weighted by Crippen LogP contribution is 2.36. The van der Waals surface area contributed by atoms with Crippen LogP contribution in [0.25, 0.3) is 6.08 Å². The number of hydrogen-bond donors (Lipinski definition) is 1. The number of carbonyl (C=O) groups excluding carboxylic acids is 1. The van der Waals surface area contributed by atoms with E-state index < -0.39 is 0 Å². The van der Waals surface area contributed by atoms with Crippen molar-refractivity contribution in [2.24, 2.45) is 0 Å². The molecule has 8 heteroatoms. The number of carbonyl (C=O) groups is 1. The predicted octanol–water partition coefficient (Wildman–Crippen LogP) is 5.01. The van der Waals surface area contributed by atoms with Crippen LogP contribution in [0.1, 0.15) is 18.1 Å². The number of amides is 1. The second kappa shape index (κ2) is 8.50. The molecule has 0 aromatic heterocycles. The van der Waals surface area contributed by atoms with Gasteiger partial charge in [0, 0.05) is 6.54 Å². The highest BCUT2D eigenvalue weighted by Gasteiger charge is 2.29. The van der Waals surface area contributed by atoms with E-state index in [1.807, 2.05) is 19.1 Å². The van der Waals surface area contributed by atoms with Crippen molar-refractivity contribution >= 4 is 61.2 Å². The maximum absolute atomic E-state index is 13.3. The molecule has 0 spiro atoms. The molecule has 1 amide bonds. The smallest absolute Gasteiger partial charge is 0.276 e. The van der Waals surface area contributed by atoms with Gasteiger partial charge in [-0.1, -0.05) is 12.1 Å². The molecule has 0 atom stereocenters. The average molecular weight is 514 g/mol.